The van der Waals surface area contributed by atoms with Gasteiger partial charge in [-0.3, -0.25) is 4.99 Å². The number of aliphatic imine (C=N–C) groups is 1. The fourth-order valence-electron chi connectivity index (χ4n) is 3.04. The number of guanidine groups is 1. The van der Waals surface area contributed by atoms with Crippen LogP contribution in [0.25, 0.3) is 0 Å². The van der Waals surface area contributed by atoms with Crippen LogP contribution in [0.5, 0.6) is 5.75 Å². The van der Waals surface area contributed by atoms with Crippen molar-refractivity contribution in [2.75, 3.05) is 38.1 Å². The van der Waals surface area contributed by atoms with Gasteiger partial charge in [-0.05, 0) is 37.6 Å². The lowest BCUT2D eigenvalue weighted by Gasteiger charge is -2.36. The van der Waals surface area contributed by atoms with E-state index in [4.69, 9.17) is 4.74 Å². The van der Waals surface area contributed by atoms with E-state index in [2.05, 4.69) is 42.2 Å². The van der Waals surface area contributed by atoms with Crippen LogP contribution in [-0.4, -0.2) is 60.2 Å². The van der Waals surface area contributed by atoms with Crippen molar-refractivity contribution >= 4 is 11.9 Å². The molecule has 3 rings (SSSR count). The van der Waals surface area contributed by atoms with Crippen molar-refractivity contribution in [1.29, 1.82) is 0 Å². The second-order valence-electron chi connectivity index (χ2n) is 6.73. The molecular formula is C20H28N6O. The van der Waals surface area contributed by atoms with E-state index in [1.165, 1.54) is 5.56 Å². The van der Waals surface area contributed by atoms with Gasteiger partial charge in [0.2, 0.25) is 5.95 Å². The number of hydrogen-bond acceptors (Lipinski definition) is 5. The van der Waals surface area contributed by atoms with Gasteiger partial charge in [0.15, 0.2) is 5.96 Å². The van der Waals surface area contributed by atoms with E-state index >= 15 is 0 Å². The minimum Gasteiger partial charge on any atom is -0.491 e. The van der Waals surface area contributed by atoms with Crippen molar-refractivity contribution in [2.24, 2.45) is 4.99 Å². The molecule has 1 fully saturated rings. The molecule has 1 saturated heterocycles. The van der Waals surface area contributed by atoms with Crippen LogP contribution < -0.4 is 15.0 Å². The predicted octanol–water partition coefficient (Wildman–Crippen LogP) is 2.16. The summed E-state index contributed by atoms with van der Waals surface area (Å²) < 4.78 is 5.69. The van der Waals surface area contributed by atoms with E-state index in [0.717, 1.165) is 50.4 Å². The minimum atomic E-state index is 0.188. The second kappa shape index (κ2) is 9.21. The summed E-state index contributed by atoms with van der Waals surface area (Å²) in [7, 11) is 1.83. The number of nitrogens with zero attached hydrogens (tertiary/aromatic N) is 5. The van der Waals surface area contributed by atoms with Crippen LogP contribution in [0, 0.1) is 0 Å². The first-order valence-corrected chi connectivity index (χ1v) is 9.39. The summed E-state index contributed by atoms with van der Waals surface area (Å²) in [6, 6.07) is 10.0. The molecule has 2 aromatic rings. The maximum absolute atomic E-state index is 5.69. The molecule has 1 aromatic carbocycles. The molecule has 7 nitrogen and oxygen atoms in total. The number of nitrogens with one attached hydrogen (secondary N) is 1. The average Bonchev–Trinajstić information content (AvgIpc) is 2.70. The van der Waals surface area contributed by atoms with Gasteiger partial charge in [-0.25, -0.2) is 9.97 Å². The number of benzene rings is 1. The standard InChI is InChI=1S/C20H28N6O/c1-16(2)27-18-7-5-17(6-8-18)15-24-19(21-3)25-11-13-26(14-12-25)20-22-9-4-10-23-20/h4-10,16H,11-15H2,1-3H3,(H,21,24). The first-order chi connectivity index (χ1) is 13.2. The van der Waals surface area contributed by atoms with Crippen LogP contribution in [0.2, 0.25) is 0 Å². The molecule has 0 atom stereocenters. The van der Waals surface area contributed by atoms with Crippen LogP contribution in [0.4, 0.5) is 5.95 Å². The number of ether oxygens (including phenoxy) is 1. The van der Waals surface area contributed by atoms with Gasteiger partial charge in [0.25, 0.3) is 0 Å². The lowest BCUT2D eigenvalue weighted by Crippen LogP contribution is -2.52. The monoisotopic (exact) mass is 368 g/mol. The number of anilines is 1. The van der Waals surface area contributed by atoms with Gasteiger partial charge in [0, 0.05) is 52.2 Å². The molecule has 0 spiro atoms. The smallest absolute Gasteiger partial charge is 0.225 e. The lowest BCUT2D eigenvalue weighted by molar-refractivity contribution is 0.242. The Morgan fingerprint density at radius 1 is 1.11 bits per heavy atom. The van der Waals surface area contributed by atoms with Gasteiger partial charge in [0.1, 0.15) is 5.75 Å². The van der Waals surface area contributed by atoms with Gasteiger partial charge in [-0.15, -0.1) is 0 Å². The third kappa shape index (κ3) is 5.32. The molecule has 27 heavy (non-hydrogen) atoms. The van der Waals surface area contributed by atoms with Crippen molar-refractivity contribution < 1.29 is 4.74 Å². The van der Waals surface area contributed by atoms with E-state index in [1.807, 2.05) is 39.1 Å². The molecule has 1 N–H and O–H groups in total. The number of aromatic nitrogens is 2. The SMILES string of the molecule is CN=C(NCc1ccc(OC(C)C)cc1)N1CCN(c2ncccn2)CC1. The van der Waals surface area contributed by atoms with Gasteiger partial charge in [0.05, 0.1) is 6.10 Å². The second-order valence-corrected chi connectivity index (χ2v) is 6.73. The van der Waals surface area contributed by atoms with E-state index in [1.54, 1.807) is 12.4 Å². The summed E-state index contributed by atoms with van der Waals surface area (Å²) in [6.45, 7) is 8.33. The summed E-state index contributed by atoms with van der Waals surface area (Å²) >= 11 is 0. The molecular weight excluding hydrogens is 340 g/mol. The van der Waals surface area contributed by atoms with Crippen molar-refractivity contribution in [3.05, 3.63) is 48.3 Å². The third-order valence-electron chi connectivity index (χ3n) is 4.37. The third-order valence-corrected chi connectivity index (χ3v) is 4.37. The fourth-order valence-corrected chi connectivity index (χ4v) is 3.04. The average molecular weight is 368 g/mol. The Bertz CT molecular complexity index is 724. The number of piperazine rings is 1. The van der Waals surface area contributed by atoms with E-state index < -0.39 is 0 Å². The summed E-state index contributed by atoms with van der Waals surface area (Å²) in [5, 5.41) is 3.46. The van der Waals surface area contributed by atoms with Crippen molar-refractivity contribution in [1.82, 2.24) is 20.2 Å². The highest BCUT2D eigenvalue weighted by Gasteiger charge is 2.20. The highest BCUT2D eigenvalue weighted by molar-refractivity contribution is 5.80. The Hall–Kier alpha value is -2.83. The van der Waals surface area contributed by atoms with Gasteiger partial charge < -0.3 is 19.9 Å². The molecule has 0 aliphatic carbocycles. The Morgan fingerprint density at radius 2 is 1.78 bits per heavy atom. The van der Waals surface area contributed by atoms with Crippen LogP contribution in [0.15, 0.2) is 47.7 Å². The van der Waals surface area contributed by atoms with Crippen molar-refractivity contribution in [3.63, 3.8) is 0 Å². The molecule has 0 radical (unpaired) electrons. The maximum Gasteiger partial charge on any atom is 0.225 e. The first kappa shape index (κ1) is 18.9. The Morgan fingerprint density at radius 3 is 2.37 bits per heavy atom. The minimum absolute atomic E-state index is 0.188. The Balaban J connectivity index is 1.50. The van der Waals surface area contributed by atoms with Crippen LogP contribution in [0.3, 0.4) is 0 Å². The highest BCUT2D eigenvalue weighted by atomic mass is 16.5. The number of hydrogen-bond donors (Lipinski definition) is 1. The molecule has 1 aliphatic rings. The number of rotatable bonds is 5. The predicted molar refractivity (Wildman–Crippen MR) is 108 cm³/mol. The maximum atomic E-state index is 5.69. The molecule has 0 amide bonds. The normalized spacial score (nSPS) is 15.2. The van der Waals surface area contributed by atoms with E-state index in [-0.39, 0.29) is 6.10 Å². The van der Waals surface area contributed by atoms with Crippen molar-refractivity contribution in [2.45, 2.75) is 26.5 Å². The topological polar surface area (TPSA) is 65.9 Å². The Labute approximate surface area is 161 Å². The van der Waals surface area contributed by atoms with Crippen LogP contribution in [-0.2, 0) is 6.54 Å². The van der Waals surface area contributed by atoms with Gasteiger partial charge in [-0.1, -0.05) is 12.1 Å². The highest BCUT2D eigenvalue weighted by Crippen LogP contribution is 2.14. The van der Waals surface area contributed by atoms with Crippen LogP contribution >= 0.6 is 0 Å². The zero-order valence-corrected chi connectivity index (χ0v) is 16.3. The molecule has 7 heteroatoms. The van der Waals surface area contributed by atoms with E-state index in [0.29, 0.717) is 0 Å². The fraction of sp³-hybridized carbons (Fsp3) is 0.450. The summed E-state index contributed by atoms with van der Waals surface area (Å²) in [6.07, 6.45) is 3.76. The summed E-state index contributed by atoms with van der Waals surface area (Å²) in [5.74, 6) is 2.62. The molecule has 1 aromatic heterocycles. The van der Waals surface area contributed by atoms with E-state index in [9.17, 15) is 0 Å². The molecule has 0 unspecified atom stereocenters. The van der Waals surface area contributed by atoms with Gasteiger partial charge in [-0.2, -0.15) is 0 Å². The summed E-state index contributed by atoms with van der Waals surface area (Å²) in [4.78, 5) is 17.6. The summed E-state index contributed by atoms with van der Waals surface area (Å²) in [5.41, 5.74) is 1.20. The molecule has 0 saturated carbocycles. The molecule has 144 valence electrons. The van der Waals surface area contributed by atoms with Crippen LogP contribution in [0.1, 0.15) is 19.4 Å². The zero-order valence-electron chi connectivity index (χ0n) is 16.3. The first-order valence-electron chi connectivity index (χ1n) is 9.39. The van der Waals surface area contributed by atoms with Crippen molar-refractivity contribution in [3.8, 4) is 5.75 Å². The largest absolute Gasteiger partial charge is 0.491 e. The molecule has 0 bridgehead atoms. The Kier molecular flexibility index (Phi) is 6.46. The molecule has 1 aliphatic heterocycles. The quantitative estimate of drug-likeness (QED) is 0.644. The lowest BCUT2D eigenvalue weighted by atomic mass is 10.2. The zero-order chi connectivity index (χ0) is 19.1. The molecule has 2 heterocycles. The van der Waals surface area contributed by atoms with Gasteiger partial charge >= 0.3 is 0 Å².